The van der Waals surface area contributed by atoms with Gasteiger partial charge in [0.25, 0.3) is 0 Å². The molecule has 6 heteroatoms. The Morgan fingerprint density at radius 1 is 1.32 bits per heavy atom. The van der Waals surface area contributed by atoms with Crippen LogP contribution < -0.4 is 0 Å². The molecule has 28 heavy (non-hydrogen) atoms. The second-order valence-corrected chi connectivity index (χ2v) is 8.52. The van der Waals surface area contributed by atoms with Gasteiger partial charge in [0, 0.05) is 49.4 Å². The molecule has 1 aromatic carbocycles. The van der Waals surface area contributed by atoms with Gasteiger partial charge in [-0.3, -0.25) is 9.69 Å². The summed E-state index contributed by atoms with van der Waals surface area (Å²) in [5.41, 5.74) is 2.99. The van der Waals surface area contributed by atoms with Gasteiger partial charge in [-0.25, -0.2) is 0 Å². The Balaban J connectivity index is 0.00000192. The van der Waals surface area contributed by atoms with Crippen molar-refractivity contribution in [3.8, 4) is 0 Å². The van der Waals surface area contributed by atoms with Crippen molar-refractivity contribution in [2.75, 3.05) is 33.9 Å². The van der Waals surface area contributed by atoms with Crippen LogP contribution >= 0.6 is 12.4 Å². The van der Waals surface area contributed by atoms with Crippen molar-refractivity contribution in [2.24, 2.45) is 11.8 Å². The summed E-state index contributed by atoms with van der Waals surface area (Å²) in [6.07, 6.45) is 4.07. The highest BCUT2D eigenvalue weighted by Gasteiger charge is 2.62. The van der Waals surface area contributed by atoms with Crippen molar-refractivity contribution in [2.45, 2.75) is 37.1 Å². The summed E-state index contributed by atoms with van der Waals surface area (Å²) in [7, 11) is 3.31. The van der Waals surface area contributed by atoms with Crippen LogP contribution in [0.25, 0.3) is 10.9 Å². The Morgan fingerprint density at radius 3 is 2.93 bits per heavy atom. The van der Waals surface area contributed by atoms with E-state index in [1.807, 2.05) is 0 Å². The number of carbonyl (C=O) groups is 1. The van der Waals surface area contributed by atoms with Gasteiger partial charge in [-0.15, -0.1) is 12.4 Å². The molecule has 6 rings (SSSR count). The molecule has 4 heterocycles. The van der Waals surface area contributed by atoms with E-state index in [1.54, 1.807) is 14.2 Å². The Bertz CT molecular complexity index is 882. The van der Waals surface area contributed by atoms with Crippen LogP contribution in [0.2, 0.25) is 0 Å². The number of H-pyrrole nitrogens is 1. The van der Waals surface area contributed by atoms with Gasteiger partial charge < -0.3 is 14.5 Å². The maximum Gasteiger partial charge on any atom is 0.319 e. The SMILES string of the molecule is COCC[C@H]1CC2CN3CCc4c([nH]c5ccccc45)[C@](C(=O)OC)(C2)[C@H]13.Cl. The number of para-hydroxylation sites is 1. The summed E-state index contributed by atoms with van der Waals surface area (Å²) < 4.78 is 10.9. The lowest BCUT2D eigenvalue weighted by Gasteiger charge is -2.58. The number of methoxy groups -OCH3 is 2. The van der Waals surface area contributed by atoms with Gasteiger partial charge in [0.15, 0.2) is 0 Å². The number of esters is 1. The number of hydrogen-bond acceptors (Lipinski definition) is 4. The minimum absolute atomic E-state index is 0. The molecule has 1 saturated carbocycles. The minimum atomic E-state index is -0.584. The molecule has 0 spiro atoms. The first-order valence-corrected chi connectivity index (χ1v) is 10.1. The van der Waals surface area contributed by atoms with Gasteiger partial charge in [-0.05, 0) is 49.1 Å². The summed E-state index contributed by atoms with van der Waals surface area (Å²) in [5, 5.41) is 1.26. The number of piperidine rings is 2. The Kier molecular flexibility index (Phi) is 5.19. The molecule has 3 aliphatic heterocycles. The highest BCUT2D eigenvalue weighted by Crippen LogP contribution is 2.55. The Labute approximate surface area is 172 Å². The average molecular weight is 405 g/mol. The van der Waals surface area contributed by atoms with Crippen LogP contribution in [-0.4, -0.2) is 55.8 Å². The lowest BCUT2D eigenvalue weighted by molar-refractivity contribution is -0.162. The molecule has 1 aromatic heterocycles. The maximum atomic E-state index is 13.4. The fourth-order valence-corrected chi connectivity index (χ4v) is 6.42. The second kappa shape index (κ2) is 7.36. The molecule has 4 aliphatic rings. The molecule has 0 radical (unpaired) electrons. The van der Waals surface area contributed by atoms with Crippen molar-refractivity contribution in [1.82, 2.24) is 9.88 Å². The van der Waals surface area contributed by atoms with Gasteiger partial charge in [0.1, 0.15) is 5.41 Å². The molecule has 4 bridgehead atoms. The molecule has 152 valence electrons. The predicted molar refractivity (Wildman–Crippen MR) is 111 cm³/mol. The molecule has 0 amide bonds. The molecule has 5 atom stereocenters. The number of ether oxygens (including phenoxy) is 2. The zero-order valence-electron chi connectivity index (χ0n) is 16.6. The first-order chi connectivity index (χ1) is 13.2. The van der Waals surface area contributed by atoms with Crippen molar-refractivity contribution in [1.29, 1.82) is 0 Å². The van der Waals surface area contributed by atoms with E-state index in [2.05, 4.69) is 34.1 Å². The number of nitrogens with one attached hydrogen (secondary N) is 1. The highest BCUT2D eigenvalue weighted by atomic mass is 35.5. The number of rotatable bonds is 4. The zero-order chi connectivity index (χ0) is 18.6. The van der Waals surface area contributed by atoms with Gasteiger partial charge in [0.05, 0.1) is 7.11 Å². The van der Waals surface area contributed by atoms with Crippen molar-refractivity contribution < 1.29 is 14.3 Å². The van der Waals surface area contributed by atoms with E-state index in [9.17, 15) is 4.79 Å². The van der Waals surface area contributed by atoms with Crippen LogP contribution in [0.4, 0.5) is 0 Å². The normalized spacial score (nSPS) is 33.1. The van der Waals surface area contributed by atoms with E-state index in [-0.39, 0.29) is 24.4 Å². The van der Waals surface area contributed by atoms with Crippen LogP contribution in [0, 0.1) is 11.8 Å². The molecular formula is C22H29ClN2O3. The number of carbonyl (C=O) groups excluding carboxylic acids is 1. The fourth-order valence-electron chi connectivity index (χ4n) is 6.42. The van der Waals surface area contributed by atoms with E-state index in [1.165, 1.54) is 17.4 Å². The molecule has 3 fully saturated rings. The van der Waals surface area contributed by atoms with Crippen LogP contribution in [0.1, 0.15) is 30.5 Å². The number of aromatic amines is 1. The second-order valence-electron chi connectivity index (χ2n) is 8.52. The third kappa shape index (κ3) is 2.63. The number of halogens is 1. The molecule has 1 aliphatic carbocycles. The monoisotopic (exact) mass is 404 g/mol. The first-order valence-electron chi connectivity index (χ1n) is 10.1. The quantitative estimate of drug-likeness (QED) is 0.794. The Hall–Kier alpha value is -1.56. The van der Waals surface area contributed by atoms with Gasteiger partial charge in [0.2, 0.25) is 0 Å². The van der Waals surface area contributed by atoms with E-state index in [0.29, 0.717) is 11.8 Å². The zero-order valence-corrected chi connectivity index (χ0v) is 17.4. The summed E-state index contributed by atoms with van der Waals surface area (Å²) in [4.78, 5) is 19.7. The van der Waals surface area contributed by atoms with E-state index >= 15 is 0 Å². The summed E-state index contributed by atoms with van der Waals surface area (Å²) in [5.74, 6) is 0.932. The highest BCUT2D eigenvalue weighted by molar-refractivity contribution is 5.91. The third-order valence-electron chi connectivity index (χ3n) is 7.24. The Morgan fingerprint density at radius 2 is 2.14 bits per heavy atom. The van der Waals surface area contributed by atoms with Crippen LogP contribution in [-0.2, 0) is 26.1 Å². The number of benzene rings is 1. The molecule has 1 N–H and O–H groups in total. The lowest BCUT2D eigenvalue weighted by atomic mass is 9.56. The third-order valence-corrected chi connectivity index (χ3v) is 7.24. The molecule has 2 unspecified atom stereocenters. The molecule has 2 aromatic rings. The number of nitrogens with zero attached hydrogens (tertiary/aromatic N) is 1. The fraction of sp³-hybridized carbons (Fsp3) is 0.591. The number of fused-ring (bicyclic) bond motifs is 4. The standard InChI is InChI=1S/C22H28N2O3.ClH/c1-26-10-8-15-11-14-12-22(21(25)27-2)19-17(7-9-24(13-14)20(15)22)16-5-3-4-6-18(16)23-19;/h3-6,14-15,20,23H,7-13H2,1-2H3;1H/t14?,15-,20-,22+;/m0./s1. The van der Waals surface area contributed by atoms with Crippen LogP contribution in [0.15, 0.2) is 24.3 Å². The maximum absolute atomic E-state index is 13.4. The van der Waals surface area contributed by atoms with Crippen LogP contribution in [0.3, 0.4) is 0 Å². The van der Waals surface area contributed by atoms with Crippen molar-refractivity contribution in [3.05, 3.63) is 35.5 Å². The van der Waals surface area contributed by atoms with Crippen LogP contribution in [0.5, 0.6) is 0 Å². The van der Waals surface area contributed by atoms with E-state index < -0.39 is 5.41 Å². The lowest BCUT2D eigenvalue weighted by Crippen LogP contribution is -2.67. The van der Waals surface area contributed by atoms with Crippen molar-refractivity contribution in [3.63, 3.8) is 0 Å². The van der Waals surface area contributed by atoms with Gasteiger partial charge in [-0.2, -0.15) is 0 Å². The van der Waals surface area contributed by atoms with Gasteiger partial charge >= 0.3 is 5.97 Å². The largest absolute Gasteiger partial charge is 0.468 e. The predicted octanol–water partition coefficient (Wildman–Crippen LogP) is 3.30. The summed E-state index contributed by atoms with van der Waals surface area (Å²) >= 11 is 0. The smallest absolute Gasteiger partial charge is 0.319 e. The summed E-state index contributed by atoms with van der Waals surface area (Å²) in [6.45, 7) is 2.87. The molecule has 2 saturated heterocycles. The van der Waals surface area contributed by atoms with Gasteiger partial charge in [-0.1, -0.05) is 18.2 Å². The van der Waals surface area contributed by atoms with Crippen molar-refractivity contribution >= 4 is 29.3 Å². The minimum Gasteiger partial charge on any atom is -0.468 e. The van der Waals surface area contributed by atoms with E-state index in [0.717, 1.165) is 50.2 Å². The topological polar surface area (TPSA) is 54.6 Å². The summed E-state index contributed by atoms with van der Waals surface area (Å²) in [6, 6.07) is 8.65. The van der Waals surface area contributed by atoms with E-state index in [4.69, 9.17) is 9.47 Å². The molecular weight excluding hydrogens is 376 g/mol. The number of aromatic nitrogens is 1. The average Bonchev–Trinajstić information content (AvgIpc) is 3.04. The molecule has 5 nitrogen and oxygen atoms in total. The number of hydrogen-bond donors (Lipinski definition) is 1. The first kappa shape index (κ1) is 19.7.